The smallest absolute Gasteiger partial charge is 0.219 e. The van der Waals surface area contributed by atoms with Gasteiger partial charge in [0.1, 0.15) is 0 Å². The van der Waals surface area contributed by atoms with E-state index in [1.807, 2.05) is 0 Å². The Balaban J connectivity index is 2.50. The third-order valence-electron chi connectivity index (χ3n) is 2.90. The van der Waals surface area contributed by atoms with Gasteiger partial charge in [-0.25, -0.2) is 8.42 Å². The molecule has 7 heteroatoms. The van der Waals surface area contributed by atoms with Crippen molar-refractivity contribution in [2.45, 2.75) is 21.3 Å². The van der Waals surface area contributed by atoms with Gasteiger partial charge in [0.25, 0.3) is 0 Å². The molecule has 0 aliphatic rings. The number of alkyl halides is 4. The van der Waals surface area contributed by atoms with E-state index in [1.54, 1.807) is 18.2 Å². The van der Waals surface area contributed by atoms with Crippen LogP contribution in [0.2, 0.25) is 0 Å². The van der Waals surface area contributed by atoms with Gasteiger partial charge >= 0.3 is 6.18 Å². The molecule has 0 atom stereocenters. The average Bonchev–Trinajstić information content (AvgIpc) is 2.46. The van der Waals surface area contributed by atoms with Gasteiger partial charge in [-0.15, -0.1) is 0 Å². The summed E-state index contributed by atoms with van der Waals surface area (Å²) in [4.78, 5) is -0.0782. The average molecular weight is 379 g/mol. The van der Waals surface area contributed by atoms with Crippen molar-refractivity contribution in [2.24, 2.45) is 0 Å². The van der Waals surface area contributed by atoms with Gasteiger partial charge in [-0.1, -0.05) is 34.1 Å². The maximum atomic E-state index is 12.5. The first kappa shape index (κ1) is 16.0. The molecule has 0 amide bonds. The van der Waals surface area contributed by atoms with Crippen molar-refractivity contribution in [3.63, 3.8) is 0 Å². The molecule has 0 bridgehead atoms. The largest absolute Gasteiger partial charge is 0.416 e. The molecule has 0 heterocycles. The third-order valence-corrected chi connectivity index (χ3v) is 5.37. The van der Waals surface area contributed by atoms with Gasteiger partial charge in [-0.2, -0.15) is 13.2 Å². The number of halogens is 4. The molecule has 0 aliphatic heterocycles. The first-order valence-electron chi connectivity index (χ1n) is 5.83. The van der Waals surface area contributed by atoms with Crippen LogP contribution in [0.1, 0.15) is 11.1 Å². The van der Waals surface area contributed by atoms with Gasteiger partial charge in [-0.3, -0.25) is 0 Å². The van der Waals surface area contributed by atoms with E-state index in [4.69, 9.17) is 0 Å². The van der Waals surface area contributed by atoms with Crippen LogP contribution in [0.3, 0.4) is 0 Å². The van der Waals surface area contributed by atoms with Crippen molar-refractivity contribution in [3.05, 3.63) is 59.7 Å². The summed E-state index contributed by atoms with van der Waals surface area (Å²) in [5.41, 5.74) is -0.326. The second kappa shape index (κ2) is 5.81. The number of sulfone groups is 1. The molecule has 0 N–H and O–H groups in total. The molecular formula is C14H10BrF3O2S. The van der Waals surface area contributed by atoms with Crippen LogP contribution in [0.15, 0.2) is 58.3 Å². The lowest BCUT2D eigenvalue weighted by molar-refractivity contribution is -0.137. The Hall–Kier alpha value is -1.34. The SMILES string of the molecule is O=S(=O)(c1ccc(C(F)(F)F)cc1)c1ccccc1CBr. The van der Waals surface area contributed by atoms with Gasteiger partial charge in [0, 0.05) is 5.33 Å². The highest BCUT2D eigenvalue weighted by Crippen LogP contribution is 2.31. The lowest BCUT2D eigenvalue weighted by Crippen LogP contribution is -2.08. The monoisotopic (exact) mass is 378 g/mol. The zero-order valence-corrected chi connectivity index (χ0v) is 13.0. The summed E-state index contributed by atoms with van der Waals surface area (Å²) in [6.07, 6.45) is -4.49. The van der Waals surface area contributed by atoms with Crippen molar-refractivity contribution in [1.82, 2.24) is 0 Å². The Morgan fingerprint density at radius 1 is 0.952 bits per heavy atom. The normalized spacial score (nSPS) is 12.4. The van der Waals surface area contributed by atoms with E-state index in [1.165, 1.54) is 6.07 Å². The molecule has 0 radical (unpaired) electrons. The van der Waals surface area contributed by atoms with Crippen LogP contribution in [0, 0.1) is 0 Å². The molecule has 0 saturated carbocycles. The Bertz CT molecular complexity index is 738. The van der Waals surface area contributed by atoms with Crippen LogP contribution in [0.4, 0.5) is 13.2 Å². The van der Waals surface area contributed by atoms with E-state index < -0.39 is 21.6 Å². The predicted octanol–water partition coefficient (Wildman–Crippen LogP) is 4.43. The van der Waals surface area contributed by atoms with Crippen LogP contribution in [-0.4, -0.2) is 8.42 Å². The molecule has 0 spiro atoms. The first-order chi connectivity index (χ1) is 9.76. The van der Waals surface area contributed by atoms with Gasteiger partial charge in [-0.05, 0) is 35.9 Å². The molecule has 2 aromatic rings. The molecule has 2 rings (SSSR count). The quantitative estimate of drug-likeness (QED) is 0.740. The number of rotatable bonds is 3. The van der Waals surface area contributed by atoms with E-state index >= 15 is 0 Å². The van der Waals surface area contributed by atoms with Crippen LogP contribution in [0.5, 0.6) is 0 Å². The summed E-state index contributed by atoms with van der Waals surface area (Å²) in [7, 11) is -3.84. The van der Waals surface area contributed by atoms with E-state index in [0.717, 1.165) is 24.3 Å². The highest BCUT2D eigenvalue weighted by Gasteiger charge is 2.31. The van der Waals surface area contributed by atoms with Gasteiger partial charge in [0.05, 0.1) is 15.4 Å². The zero-order valence-electron chi connectivity index (χ0n) is 10.6. The van der Waals surface area contributed by atoms with Gasteiger partial charge in [0.15, 0.2) is 0 Å². The Morgan fingerprint density at radius 3 is 2.05 bits per heavy atom. The minimum absolute atomic E-state index is 0.0848. The van der Waals surface area contributed by atoms with Crippen LogP contribution in [0.25, 0.3) is 0 Å². The Labute approximate surface area is 128 Å². The summed E-state index contributed by atoms with van der Waals surface area (Å²) >= 11 is 3.20. The van der Waals surface area contributed by atoms with Gasteiger partial charge < -0.3 is 0 Å². The molecule has 0 unspecified atom stereocenters. The fraction of sp³-hybridized carbons (Fsp3) is 0.143. The van der Waals surface area contributed by atoms with Crippen molar-refractivity contribution in [3.8, 4) is 0 Å². The predicted molar refractivity (Wildman–Crippen MR) is 76.0 cm³/mol. The molecular weight excluding hydrogens is 369 g/mol. The summed E-state index contributed by atoms with van der Waals surface area (Å²) < 4.78 is 62.5. The maximum Gasteiger partial charge on any atom is 0.416 e. The molecule has 0 fully saturated rings. The second-order valence-electron chi connectivity index (χ2n) is 4.27. The number of benzene rings is 2. The molecule has 2 aromatic carbocycles. The second-order valence-corrected chi connectivity index (χ2v) is 6.75. The van der Waals surface area contributed by atoms with E-state index in [0.29, 0.717) is 10.9 Å². The number of hydrogen-bond donors (Lipinski definition) is 0. The Kier molecular flexibility index (Phi) is 4.43. The maximum absolute atomic E-state index is 12.5. The van der Waals surface area contributed by atoms with Gasteiger partial charge in [0.2, 0.25) is 9.84 Å². The third kappa shape index (κ3) is 3.29. The van der Waals surface area contributed by atoms with Crippen LogP contribution >= 0.6 is 15.9 Å². The van der Waals surface area contributed by atoms with E-state index in [-0.39, 0.29) is 9.79 Å². The standard InChI is InChI=1S/C14H10BrF3O2S/c15-9-10-3-1-2-4-13(10)21(19,20)12-7-5-11(6-8-12)14(16,17)18/h1-8H,9H2. The van der Waals surface area contributed by atoms with E-state index in [2.05, 4.69) is 15.9 Å². The first-order valence-corrected chi connectivity index (χ1v) is 8.43. The number of hydrogen-bond acceptors (Lipinski definition) is 2. The van der Waals surface area contributed by atoms with Crippen molar-refractivity contribution in [1.29, 1.82) is 0 Å². The summed E-state index contributed by atoms with van der Waals surface area (Å²) in [6, 6.07) is 9.83. The molecule has 0 saturated heterocycles. The highest BCUT2D eigenvalue weighted by molar-refractivity contribution is 9.08. The summed E-state index contributed by atoms with van der Waals surface area (Å²) in [5, 5.41) is 0.336. The lowest BCUT2D eigenvalue weighted by atomic mass is 10.2. The summed E-state index contributed by atoms with van der Waals surface area (Å²) in [6.45, 7) is 0. The zero-order chi connectivity index (χ0) is 15.7. The minimum atomic E-state index is -4.49. The van der Waals surface area contributed by atoms with E-state index in [9.17, 15) is 21.6 Å². The summed E-state index contributed by atoms with van der Waals surface area (Å²) in [5.74, 6) is 0. The lowest BCUT2D eigenvalue weighted by Gasteiger charge is -2.10. The molecule has 2 nitrogen and oxygen atoms in total. The topological polar surface area (TPSA) is 34.1 Å². The van der Waals surface area contributed by atoms with Crippen LogP contribution < -0.4 is 0 Å². The Morgan fingerprint density at radius 2 is 1.52 bits per heavy atom. The molecule has 112 valence electrons. The van der Waals surface area contributed by atoms with Crippen molar-refractivity contribution in [2.75, 3.05) is 0 Å². The molecule has 0 aromatic heterocycles. The van der Waals surface area contributed by atoms with Crippen molar-refractivity contribution >= 4 is 25.8 Å². The van der Waals surface area contributed by atoms with Crippen molar-refractivity contribution < 1.29 is 21.6 Å². The fourth-order valence-corrected chi connectivity index (χ4v) is 3.99. The fourth-order valence-electron chi connectivity index (χ4n) is 1.83. The molecule has 21 heavy (non-hydrogen) atoms. The minimum Gasteiger partial charge on any atom is -0.219 e. The molecule has 0 aliphatic carbocycles. The highest BCUT2D eigenvalue weighted by atomic mass is 79.9. The van der Waals surface area contributed by atoms with Crippen LogP contribution in [-0.2, 0) is 21.3 Å².